The molecule has 0 radical (unpaired) electrons. The third-order valence-electron chi connectivity index (χ3n) is 3.69. The molecule has 0 spiro atoms. The predicted molar refractivity (Wildman–Crippen MR) is 70.7 cm³/mol. The summed E-state index contributed by atoms with van der Waals surface area (Å²) in [5.41, 5.74) is 3.78. The van der Waals surface area contributed by atoms with Crippen molar-refractivity contribution in [2.24, 2.45) is 4.99 Å². The summed E-state index contributed by atoms with van der Waals surface area (Å²) in [7, 11) is 0. The maximum absolute atomic E-state index is 6.00. The first-order valence-corrected chi connectivity index (χ1v) is 6.29. The molecule has 2 aromatic carbocycles. The summed E-state index contributed by atoms with van der Waals surface area (Å²) in [5.74, 6) is 0.792. The molecule has 0 saturated carbocycles. The molecule has 2 aromatic rings. The summed E-state index contributed by atoms with van der Waals surface area (Å²) in [6.45, 7) is 0. The van der Waals surface area contributed by atoms with Crippen molar-refractivity contribution in [2.45, 2.75) is 18.6 Å². The third-order valence-corrected chi connectivity index (χ3v) is 3.69. The van der Waals surface area contributed by atoms with Crippen LogP contribution in [0.25, 0.3) is 0 Å². The van der Waals surface area contributed by atoms with Gasteiger partial charge in [0.15, 0.2) is 0 Å². The summed E-state index contributed by atoms with van der Waals surface area (Å²) >= 11 is 0. The van der Waals surface area contributed by atoms with Crippen LogP contribution in [0.2, 0.25) is 0 Å². The second-order valence-corrected chi connectivity index (χ2v) is 4.80. The van der Waals surface area contributed by atoms with E-state index in [0.717, 1.165) is 17.9 Å². The molecular formula is C16H13NO. The highest BCUT2D eigenvalue weighted by Gasteiger charge is 2.39. The van der Waals surface area contributed by atoms with E-state index in [1.54, 1.807) is 0 Å². The van der Waals surface area contributed by atoms with Crippen molar-refractivity contribution in [3.63, 3.8) is 0 Å². The van der Waals surface area contributed by atoms with Gasteiger partial charge in [-0.25, -0.2) is 4.99 Å². The lowest BCUT2D eigenvalue weighted by molar-refractivity contribution is 0.206. The Hall–Kier alpha value is -2.09. The SMILES string of the molecule is c1ccc(C2=N[C@@H]3c4ccccc4C[C@@H]3O2)cc1. The molecule has 0 N–H and O–H groups in total. The highest BCUT2D eigenvalue weighted by molar-refractivity contribution is 5.95. The van der Waals surface area contributed by atoms with Crippen LogP contribution < -0.4 is 0 Å². The normalized spacial score (nSPS) is 24.1. The molecule has 1 aliphatic heterocycles. The molecule has 0 amide bonds. The lowest BCUT2D eigenvalue weighted by atomic mass is 10.1. The second kappa shape index (κ2) is 3.70. The average molecular weight is 235 g/mol. The van der Waals surface area contributed by atoms with Gasteiger partial charge in [-0.15, -0.1) is 0 Å². The molecule has 0 bridgehead atoms. The number of fused-ring (bicyclic) bond motifs is 3. The van der Waals surface area contributed by atoms with E-state index in [1.165, 1.54) is 11.1 Å². The van der Waals surface area contributed by atoms with E-state index in [-0.39, 0.29) is 12.1 Å². The Balaban J connectivity index is 1.74. The smallest absolute Gasteiger partial charge is 0.217 e. The van der Waals surface area contributed by atoms with Gasteiger partial charge in [0.25, 0.3) is 0 Å². The van der Waals surface area contributed by atoms with Crippen LogP contribution in [0.5, 0.6) is 0 Å². The van der Waals surface area contributed by atoms with Crippen molar-refractivity contribution in [1.29, 1.82) is 0 Å². The van der Waals surface area contributed by atoms with E-state index in [4.69, 9.17) is 9.73 Å². The zero-order valence-electron chi connectivity index (χ0n) is 9.91. The molecule has 2 heteroatoms. The Labute approximate surface area is 106 Å². The van der Waals surface area contributed by atoms with Crippen LogP contribution >= 0.6 is 0 Å². The van der Waals surface area contributed by atoms with Gasteiger partial charge in [-0.2, -0.15) is 0 Å². The maximum Gasteiger partial charge on any atom is 0.217 e. The predicted octanol–water partition coefficient (Wildman–Crippen LogP) is 3.13. The monoisotopic (exact) mass is 235 g/mol. The molecule has 1 heterocycles. The van der Waals surface area contributed by atoms with Crippen molar-refractivity contribution >= 4 is 5.90 Å². The number of rotatable bonds is 1. The van der Waals surface area contributed by atoms with Crippen LogP contribution in [-0.4, -0.2) is 12.0 Å². The zero-order valence-corrected chi connectivity index (χ0v) is 9.91. The van der Waals surface area contributed by atoms with Gasteiger partial charge in [-0.05, 0) is 23.3 Å². The first-order valence-electron chi connectivity index (χ1n) is 6.29. The fourth-order valence-corrected chi connectivity index (χ4v) is 2.82. The molecule has 1 aliphatic carbocycles. The molecule has 4 rings (SSSR count). The van der Waals surface area contributed by atoms with Crippen molar-refractivity contribution in [1.82, 2.24) is 0 Å². The minimum atomic E-state index is 0.191. The summed E-state index contributed by atoms with van der Waals surface area (Å²) in [5, 5.41) is 0. The molecular weight excluding hydrogens is 222 g/mol. The fraction of sp³-hybridized carbons (Fsp3) is 0.188. The van der Waals surface area contributed by atoms with Crippen LogP contribution in [0.15, 0.2) is 59.6 Å². The van der Waals surface area contributed by atoms with Gasteiger partial charge in [0.2, 0.25) is 5.90 Å². The molecule has 0 saturated heterocycles. The maximum atomic E-state index is 6.00. The number of hydrogen-bond acceptors (Lipinski definition) is 2. The fourth-order valence-electron chi connectivity index (χ4n) is 2.82. The van der Waals surface area contributed by atoms with Crippen LogP contribution in [0.1, 0.15) is 22.7 Å². The van der Waals surface area contributed by atoms with Crippen molar-refractivity contribution in [2.75, 3.05) is 0 Å². The third kappa shape index (κ3) is 1.39. The van der Waals surface area contributed by atoms with Crippen molar-refractivity contribution in [3.05, 3.63) is 71.3 Å². The summed E-state index contributed by atoms with van der Waals surface area (Å²) in [6.07, 6.45) is 1.17. The Morgan fingerprint density at radius 1 is 0.944 bits per heavy atom. The molecule has 2 atom stereocenters. The zero-order chi connectivity index (χ0) is 11.9. The first-order chi connectivity index (χ1) is 8.92. The number of hydrogen-bond donors (Lipinski definition) is 0. The number of aliphatic imine (C=N–C) groups is 1. The van der Waals surface area contributed by atoms with Gasteiger partial charge < -0.3 is 4.74 Å². The van der Waals surface area contributed by atoms with Crippen LogP contribution in [0, 0.1) is 0 Å². The Bertz CT molecular complexity index is 618. The minimum Gasteiger partial charge on any atom is -0.471 e. The molecule has 0 aromatic heterocycles. The van der Waals surface area contributed by atoms with E-state index in [2.05, 4.69) is 24.3 Å². The molecule has 2 aliphatic rings. The van der Waals surface area contributed by atoms with E-state index >= 15 is 0 Å². The van der Waals surface area contributed by atoms with E-state index in [9.17, 15) is 0 Å². The lowest BCUT2D eigenvalue weighted by Gasteiger charge is -2.08. The first kappa shape index (κ1) is 9.89. The molecule has 88 valence electrons. The molecule has 18 heavy (non-hydrogen) atoms. The van der Waals surface area contributed by atoms with Crippen LogP contribution in [-0.2, 0) is 11.2 Å². The van der Waals surface area contributed by atoms with Gasteiger partial charge in [0.1, 0.15) is 12.1 Å². The standard InChI is InChI=1S/C16H13NO/c1-2-6-11(7-3-1)16-17-15-13-9-5-4-8-12(13)10-14(15)18-16/h1-9,14-15H,10H2/t14-,15+/m0/s1. The molecule has 0 unspecified atom stereocenters. The van der Waals surface area contributed by atoms with Crippen LogP contribution in [0.4, 0.5) is 0 Å². The topological polar surface area (TPSA) is 21.6 Å². The van der Waals surface area contributed by atoms with Crippen molar-refractivity contribution < 1.29 is 4.74 Å². The van der Waals surface area contributed by atoms with Gasteiger partial charge in [0, 0.05) is 12.0 Å². The number of nitrogens with zero attached hydrogens (tertiary/aromatic N) is 1. The Morgan fingerprint density at radius 3 is 2.61 bits per heavy atom. The summed E-state index contributed by atoms with van der Waals surface area (Å²) in [6, 6.07) is 18.8. The van der Waals surface area contributed by atoms with Gasteiger partial charge in [-0.3, -0.25) is 0 Å². The van der Waals surface area contributed by atoms with E-state index < -0.39 is 0 Å². The number of ether oxygens (including phenoxy) is 1. The second-order valence-electron chi connectivity index (χ2n) is 4.80. The van der Waals surface area contributed by atoms with E-state index in [0.29, 0.717) is 0 Å². The quantitative estimate of drug-likeness (QED) is 0.744. The average Bonchev–Trinajstić information content (AvgIpc) is 2.97. The van der Waals surface area contributed by atoms with Gasteiger partial charge in [0.05, 0.1) is 0 Å². The Morgan fingerprint density at radius 2 is 1.72 bits per heavy atom. The lowest BCUT2D eigenvalue weighted by Crippen LogP contribution is -2.13. The van der Waals surface area contributed by atoms with Crippen molar-refractivity contribution in [3.8, 4) is 0 Å². The highest BCUT2D eigenvalue weighted by Crippen LogP contribution is 2.40. The van der Waals surface area contributed by atoms with Gasteiger partial charge >= 0.3 is 0 Å². The summed E-state index contributed by atoms with van der Waals surface area (Å²) in [4.78, 5) is 4.76. The van der Waals surface area contributed by atoms with Crippen LogP contribution in [0.3, 0.4) is 0 Å². The Kier molecular flexibility index (Phi) is 2.04. The minimum absolute atomic E-state index is 0.191. The van der Waals surface area contributed by atoms with Gasteiger partial charge in [-0.1, -0.05) is 42.5 Å². The largest absolute Gasteiger partial charge is 0.471 e. The van der Waals surface area contributed by atoms with E-state index in [1.807, 2.05) is 30.3 Å². The number of benzene rings is 2. The molecule has 0 fully saturated rings. The summed E-state index contributed by atoms with van der Waals surface area (Å²) < 4.78 is 6.00. The molecule has 2 nitrogen and oxygen atoms in total. The highest BCUT2D eigenvalue weighted by atomic mass is 16.5.